The molecule has 20 heavy (non-hydrogen) atoms. The van der Waals surface area contributed by atoms with Gasteiger partial charge in [-0.05, 0) is 23.6 Å². The van der Waals surface area contributed by atoms with Crippen LogP contribution in [0.15, 0.2) is 24.3 Å². The molecule has 4 N–H and O–H groups in total. The van der Waals surface area contributed by atoms with Crippen LogP contribution in [0.25, 0.3) is 0 Å². The highest BCUT2D eigenvalue weighted by atomic mass is 16.2. The summed E-state index contributed by atoms with van der Waals surface area (Å²) in [6.07, 6.45) is 0.408. The van der Waals surface area contributed by atoms with Gasteiger partial charge in [-0.15, -0.1) is 0 Å². The second-order valence-corrected chi connectivity index (χ2v) is 5.82. The van der Waals surface area contributed by atoms with Crippen LogP contribution in [0.1, 0.15) is 34.1 Å². The third-order valence-corrected chi connectivity index (χ3v) is 2.95. The van der Waals surface area contributed by atoms with Crippen LogP contribution in [0.2, 0.25) is 0 Å². The van der Waals surface area contributed by atoms with E-state index in [9.17, 15) is 9.59 Å². The SMILES string of the molecule is CCC(=O)Nc1cccc(NC(=O)[C@H](N)C(C)(C)C)c1. The Morgan fingerprint density at radius 2 is 1.75 bits per heavy atom. The summed E-state index contributed by atoms with van der Waals surface area (Å²) in [6, 6.07) is 6.41. The minimum Gasteiger partial charge on any atom is -0.326 e. The number of carbonyl (C=O) groups excluding carboxylic acids is 2. The van der Waals surface area contributed by atoms with E-state index >= 15 is 0 Å². The number of nitrogens with two attached hydrogens (primary N) is 1. The van der Waals surface area contributed by atoms with E-state index in [1.54, 1.807) is 31.2 Å². The molecule has 5 nitrogen and oxygen atoms in total. The summed E-state index contributed by atoms with van der Waals surface area (Å²) in [5.74, 6) is -0.309. The summed E-state index contributed by atoms with van der Waals surface area (Å²) >= 11 is 0. The number of hydrogen-bond acceptors (Lipinski definition) is 3. The van der Waals surface area contributed by atoms with Gasteiger partial charge in [0, 0.05) is 17.8 Å². The maximum atomic E-state index is 12.0. The van der Waals surface area contributed by atoms with Crippen LogP contribution in [0.3, 0.4) is 0 Å². The van der Waals surface area contributed by atoms with Gasteiger partial charge in [0.05, 0.1) is 6.04 Å². The van der Waals surface area contributed by atoms with E-state index in [1.807, 2.05) is 20.8 Å². The molecule has 0 unspecified atom stereocenters. The van der Waals surface area contributed by atoms with Gasteiger partial charge in [0.2, 0.25) is 11.8 Å². The quantitative estimate of drug-likeness (QED) is 0.789. The summed E-state index contributed by atoms with van der Waals surface area (Å²) in [6.45, 7) is 7.52. The Morgan fingerprint density at radius 1 is 1.20 bits per heavy atom. The molecular weight excluding hydrogens is 254 g/mol. The van der Waals surface area contributed by atoms with Crippen molar-refractivity contribution in [1.29, 1.82) is 0 Å². The van der Waals surface area contributed by atoms with E-state index in [-0.39, 0.29) is 17.2 Å². The molecule has 0 saturated carbocycles. The van der Waals surface area contributed by atoms with Crippen LogP contribution in [0.5, 0.6) is 0 Å². The van der Waals surface area contributed by atoms with Crippen LogP contribution in [0, 0.1) is 5.41 Å². The molecule has 1 rings (SSSR count). The number of nitrogens with one attached hydrogen (secondary N) is 2. The molecular formula is C15H23N3O2. The molecule has 1 atom stereocenters. The van der Waals surface area contributed by atoms with Crippen molar-refractivity contribution in [2.45, 2.75) is 40.2 Å². The van der Waals surface area contributed by atoms with Crippen LogP contribution in [0.4, 0.5) is 11.4 Å². The third-order valence-electron chi connectivity index (χ3n) is 2.95. The molecule has 0 aliphatic heterocycles. The van der Waals surface area contributed by atoms with Gasteiger partial charge in [0.25, 0.3) is 0 Å². The maximum Gasteiger partial charge on any atom is 0.241 e. The van der Waals surface area contributed by atoms with Gasteiger partial charge in [-0.25, -0.2) is 0 Å². The number of rotatable bonds is 4. The first kappa shape index (κ1) is 16.2. The second-order valence-electron chi connectivity index (χ2n) is 5.82. The number of benzene rings is 1. The van der Waals surface area contributed by atoms with E-state index in [0.29, 0.717) is 17.8 Å². The highest BCUT2D eigenvalue weighted by Crippen LogP contribution is 2.20. The van der Waals surface area contributed by atoms with E-state index in [0.717, 1.165) is 0 Å². The second kappa shape index (κ2) is 6.52. The molecule has 0 spiro atoms. The number of hydrogen-bond donors (Lipinski definition) is 3. The Kier molecular flexibility index (Phi) is 5.27. The lowest BCUT2D eigenvalue weighted by Gasteiger charge is -2.25. The molecule has 110 valence electrons. The summed E-state index contributed by atoms with van der Waals surface area (Å²) in [5, 5.41) is 5.51. The highest BCUT2D eigenvalue weighted by Gasteiger charge is 2.27. The lowest BCUT2D eigenvalue weighted by atomic mass is 9.87. The summed E-state index contributed by atoms with van der Waals surface area (Å²) in [5.41, 5.74) is 6.86. The van der Waals surface area contributed by atoms with Crippen molar-refractivity contribution in [2.24, 2.45) is 11.1 Å². The van der Waals surface area contributed by atoms with Crippen molar-refractivity contribution < 1.29 is 9.59 Å². The Hall–Kier alpha value is -1.88. The van der Waals surface area contributed by atoms with Gasteiger partial charge in [0.15, 0.2) is 0 Å². The molecule has 1 aromatic rings. The van der Waals surface area contributed by atoms with Gasteiger partial charge < -0.3 is 16.4 Å². The minimum absolute atomic E-state index is 0.0696. The average Bonchev–Trinajstić information content (AvgIpc) is 2.36. The van der Waals surface area contributed by atoms with Crippen molar-refractivity contribution in [1.82, 2.24) is 0 Å². The topological polar surface area (TPSA) is 84.2 Å². The zero-order chi connectivity index (χ0) is 15.3. The van der Waals surface area contributed by atoms with Crippen LogP contribution >= 0.6 is 0 Å². The molecule has 0 radical (unpaired) electrons. The fourth-order valence-corrected chi connectivity index (χ4v) is 1.54. The predicted octanol–water partition coefficient (Wildman–Crippen LogP) is 2.35. The average molecular weight is 277 g/mol. The van der Waals surface area contributed by atoms with Crippen molar-refractivity contribution in [3.05, 3.63) is 24.3 Å². The Morgan fingerprint density at radius 3 is 2.25 bits per heavy atom. The molecule has 0 aromatic heterocycles. The Balaban J connectivity index is 2.76. The van der Waals surface area contributed by atoms with E-state index in [4.69, 9.17) is 5.73 Å². The molecule has 2 amide bonds. The molecule has 0 bridgehead atoms. The summed E-state index contributed by atoms with van der Waals surface area (Å²) in [7, 11) is 0. The van der Waals surface area contributed by atoms with Crippen LogP contribution < -0.4 is 16.4 Å². The van der Waals surface area contributed by atoms with Gasteiger partial charge in [-0.1, -0.05) is 33.8 Å². The van der Waals surface area contributed by atoms with Gasteiger partial charge in [0.1, 0.15) is 0 Å². The third kappa shape index (κ3) is 4.66. The summed E-state index contributed by atoms with van der Waals surface area (Å²) < 4.78 is 0. The van der Waals surface area contributed by atoms with E-state index in [1.165, 1.54) is 0 Å². The van der Waals surface area contributed by atoms with Crippen molar-refractivity contribution in [3.8, 4) is 0 Å². The summed E-state index contributed by atoms with van der Waals surface area (Å²) in [4.78, 5) is 23.4. The highest BCUT2D eigenvalue weighted by molar-refractivity contribution is 5.96. The zero-order valence-corrected chi connectivity index (χ0v) is 12.5. The minimum atomic E-state index is -0.601. The first-order chi connectivity index (χ1) is 9.24. The van der Waals surface area contributed by atoms with Crippen molar-refractivity contribution >= 4 is 23.2 Å². The maximum absolute atomic E-state index is 12.0. The fourth-order valence-electron chi connectivity index (χ4n) is 1.54. The number of amides is 2. The van der Waals surface area contributed by atoms with Gasteiger partial charge in [-0.2, -0.15) is 0 Å². The monoisotopic (exact) mass is 277 g/mol. The Labute approximate surface area is 119 Å². The molecule has 0 aliphatic carbocycles. The molecule has 5 heteroatoms. The Bertz CT molecular complexity index is 492. The first-order valence-electron chi connectivity index (χ1n) is 6.70. The molecule has 0 heterocycles. The normalized spacial score (nSPS) is 12.7. The lowest BCUT2D eigenvalue weighted by Crippen LogP contribution is -2.45. The molecule has 0 aliphatic rings. The van der Waals surface area contributed by atoms with Crippen molar-refractivity contribution in [3.63, 3.8) is 0 Å². The van der Waals surface area contributed by atoms with E-state index in [2.05, 4.69) is 10.6 Å². The smallest absolute Gasteiger partial charge is 0.241 e. The van der Waals surface area contributed by atoms with Crippen molar-refractivity contribution in [2.75, 3.05) is 10.6 Å². The van der Waals surface area contributed by atoms with Gasteiger partial charge >= 0.3 is 0 Å². The standard InChI is InChI=1S/C15H23N3O2/c1-5-12(19)17-10-7-6-8-11(9-10)18-14(20)13(16)15(2,3)4/h6-9,13H,5,16H2,1-4H3,(H,17,19)(H,18,20)/t13-/m0/s1. The molecule has 1 aromatic carbocycles. The van der Waals surface area contributed by atoms with Gasteiger partial charge in [-0.3, -0.25) is 9.59 Å². The van der Waals surface area contributed by atoms with Crippen LogP contribution in [-0.4, -0.2) is 17.9 Å². The first-order valence-corrected chi connectivity index (χ1v) is 6.70. The van der Waals surface area contributed by atoms with E-state index < -0.39 is 6.04 Å². The molecule has 0 saturated heterocycles. The zero-order valence-electron chi connectivity index (χ0n) is 12.5. The fraction of sp³-hybridized carbons (Fsp3) is 0.467. The number of carbonyl (C=O) groups is 2. The number of anilines is 2. The molecule has 0 fully saturated rings. The lowest BCUT2D eigenvalue weighted by molar-refractivity contribution is -0.119. The largest absolute Gasteiger partial charge is 0.326 e. The predicted molar refractivity (Wildman–Crippen MR) is 81.4 cm³/mol. The van der Waals surface area contributed by atoms with Crippen LogP contribution in [-0.2, 0) is 9.59 Å².